The van der Waals surface area contributed by atoms with Gasteiger partial charge in [0.05, 0.1) is 22.5 Å². The lowest BCUT2D eigenvalue weighted by Crippen LogP contribution is -2.14. The largest absolute Gasteiger partial charge is 0.284 e. The van der Waals surface area contributed by atoms with E-state index in [4.69, 9.17) is 0 Å². The van der Waals surface area contributed by atoms with E-state index >= 15 is 0 Å². The number of rotatable bonds is 5. The third-order valence-electron chi connectivity index (χ3n) is 3.45. The van der Waals surface area contributed by atoms with Gasteiger partial charge in [0.2, 0.25) is 10.0 Å². The van der Waals surface area contributed by atoms with Crippen molar-refractivity contribution in [1.82, 2.24) is 0 Å². The van der Waals surface area contributed by atoms with Crippen molar-refractivity contribution in [2.24, 2.45) is 0 Å². The van der Waals surface area contributed by atoms with Crippen LogP contribution in [0.5, 0.6) is 0 Å². The SMILES string of the molecule is CS(=O)(=O)Nc1cccc(NS(=O)(=O)c2ccc3ccccc3c2)c1. The lowest BCUT2D eigenvalue weighted by atomic mass is 10.1. The molecule has 130 valence electrons. The second-order valence-corrected chi connectivity index (χ2v) is 9.00. The molecule has 3 aromatic rings. The average Bonchev–Trinajstić information content (AvgIpc) is 2.52. The molecule has 6 nitrogen and oxygen atoms in total. The molecule has 8 heteroatoms. The van der Waals surface area contributed by atoms with Gasteiger partial charge in [-0.05, 0) is 41.1 Å². The highest BCUT2D eigenvalue weighted by molar-refractivity contribution is 7.92. The highest BCUT2D eigenvalue weighted by atomic mass is 32.2. The molecular formula is C17H16N2O4S2. The van der Waals surface area contributed by atoms with Crippen LogP contribution in [0.1, 0.15) is 0 Å². The first-order chi connectivity index (χ1) is 11.7. The molecule has 0 aromatic heterocycles. The Hall–Kier alpha value is -2.58. The van der Waals surface area contributed by atoms with Gasteiger partial charge in [-0.1, -0.05) is 36.4 Å². The van der Waals surface area contributed by atoms with Gasteiger partial charge in [-0.3, -0.25) is 9.44 Å². The second kappa shape index (κ2) is 6.38. The minimum atomic E-state index is -3.79. The van der Waals surface area contributed by atoms with Crippen LogP contribution in [0, 0.1) is 0 Å². The zero-order chi connectivity index (χ0) is 18.1. The summed E-state index contributed by atoms with van der Waals surface area (Å²) in [6.45, 7) is 0. The minimum Gasteiger partial charge on any atom is -0.284 e. The van der Waals surface area contributed by atoms with Crippen molar-refractivity contribution in [1.29, 1.82) is 0 Å². The van der Waals surface area contributed by atoms with Crippen LogP contribution in [0.3, 0.4) is 0 Å². The van der Waals surface area contributed by atoms with E-state index in [-0.39, 0.29) is 16.3 Å². The molecule has 3 rings (SSSR count). The molecule has 0 amide bonds. The van der Waals surface area contributed by atoms with Crippen LogP contribution in [-0.2, 0) is 20.0 Å². The first kappa shape index (κ1) is 17.2. The van der Waals surface area contributed by atoms with Crippen LogP contribution in [-0.4, -0.2) is 23.1 Å². The van der Waals surface area contributed by atoms with Crippen LogP contribution in [0.25, 0.3) is 10.8 Å². The third kappa shape index (κ3) is 4.28. The van der Waals surface area contributed by atoms with Crippen molar-refractivity contribution >= 4 is 42.2 Å². The predicted molar refractivity (Wildman–Crippen MR) is 99.7 cm³/mol. The van der Waals surface area contributed by atoms with E-state index in [0.717, 1.165) is 17.0 Å². The molecule has 0 bridgehead atoms. The summed E-state index contributed by atoms with van der Waals surface area (Å²) in [5, 5.41) is 1.76. The smallest absolute Gasteiger partial charge is 0.261 e. The van der Waals surface area contributed by atoms with E-state index < -0.39 is 20.0 Å². The highest BCUT2D eigenvalue weighted by Crippen LogP contribution is 2.23. The number of anilines is 2. The van der Waals surface area contributed by atoms with Crippen LogP contribution in [0.15, 0.2) is 71.6 Å². The minimum absolute atomic E-state index is 0.132. The number of benzene rings is 3. The van der Waals surface area contributed by atoms with Crippen LogP contribution >= 0.6 is 0 Å². The summed E-state index contributed by atoms with van der Waals surface area (Å²) < 4.78 is 52.5. The fourth-order valence-corrected chi connectivity index (χ4v) is 4.05. The first-order valence-electron chi connectivity index (χ1n) is 7.32. The Kier molecular flexibility index (Phi) is 4.40. The van der Waals surface area contributed by atoms with Gasteiger partial charge in [0.1, 0.15) is 0 Å². The monoisotopic (exact) mass is 376 g/mol. The lowest BCUT2D eigenvalue weighted by Gasteiger charge is -2.11. The van der Waals surface area contributed by atoms with Gasteiger partial charge < -0.3 is 0 Å². The molecule has 0 spiro atoms. The molecule has 0 aliphatic carbocycles. The summed E-state index contributed by atoms with van der Waals surface area (Å²) in [6.07, 6.45) is 1.03. The maximum atomic E-state index is 12.6. The number of hydrogen-bond donors (Lipinski definition) is 2. The Morgan fingerprint density at radius 2 is 1.32 bits per heavy atom. The van der Waals surface area contributed by atoms with Gasteiger partial charge in [0.15, 0.2) is 0 Å². The molecule has 0 aliphatic heterocycles. The van der Waals surface area contributed by atoms with E-state index in [0.29, 0.717) is 0 Å². The summed E-state index contributed by atoms with van der Waals surface area (Å²) in [5.74, 6) is 0. The van der Waals surface area contributed by atoms with Crippen molar-refractivity contribution in [3.8, 4) is 0 Å². The number of nitrogens with one attached hydrogen (secondary N) is 2. The van der Waals surface area contributed by atoms with Crippen LogP contribution < -0.4 is 9.44 Å². The highest BCUT2D eigenvalue weighted by Gasteiger charge is 2.15. The normalized spacial score (nSPS) is 12.0. The molecule has 0 heterocycles. The van der Waals surface area contributed by atoms with Gasteiger partial charge in [-0.2, -0.15) is 0 Å². The quantitative estimate of drug-likeness (QED) is 0.716. The van der Waals surface area contributed by atoms with E-state index in [9.17, 15) is 16.8 Å². The Labute approximate surface area is 146 Å². The van der Waals surface area contributed by atoms with Crippen molar-refractivity contribution in [3.05, 3.63) is 66.7 Å². The van der Waals surface area contributed by atoms with E-state index in [1.165, 1.54) is 18.2 Å². The summed E-state index contributed by atoms with van der Waals surface area (Å²) in [5.41, 5.74) is 0.544. The molecule has 25 heavy (non-hydrogen) atoms. The summed E-state index contributed by atoms with van der Waals surface area (Å²) in [6, 6.07) is 18.4. The van der Waals surface area contributed by atoms with Gasteiger partial charge in [-0.25, -0.2) is 16.8 Å². The summed E-state index contributed by atoms with van der Waals surface area (Å²) >= 11 is 0. The van der Waals surface area contributed by atoms with Crippen LogP contribution in [0.4, 0.5) is 11.4 Å². The maximum absolute atomic E-state index is 12.6. The third-order valence-corrected chi connectivity index (χ3v) is 5.43. The molecule has 0 radical (unpaired) electrons. The first-order valence-corrected chi connectivity index (χ1v) is 10.7. The Morgan fingerprint density at radius 1 is 0.680 bits per heavy atom. The standard InChI is InChI=1S/C17H16N2O4S2/c1-24(20,21)18-15-7-4-8-16(12-15)19-25(22,23)17-10-9-13-5-2-3-6-14(13)11-17/h2-12,18-19H,1H3. The number of sulfonamides is 2. The van der Waals surface area contributed by atoms with Crippen molar-refractivity contribution in [2.45, 2.75) is 4.90 Å². The Balaban J connectivity index is 1.91. The molecular weight excluding hydrogens is 360 g/mol. The molecule has 0 atom stereocenters. The summed E-state index contributed by atoms with van der Waals surface area (Å²) in [4.78, 5) is 0.132. The van der Waals surface area contributed by atoms with E-state index in [1.54, 1.807) is 24.3 Å². The average molecular weight is 376 g/mol. The maximum Gasteiger partial charge on any atom is 0.261 e. The van der Waals surface area contributed by atoms with Gasteiger partial charge in [0, 0.05) is 0 Å². The molecule has 0 unspecified atom stereocenters. The van der Waals surface area contributed by atoms with Gasteiger partial charge in [-0.15, -0.1) is 0 Å². The predicted octanol–water partition coefficient (Wildman–Crippen LogP) is 3.01. The zero-order valence-electron chi connectivity index (χ0n) is 13.3. The Bertz CT molecular complexity index is 1140. The van der Waals surface area contributed by atoms with Crippen LogP contribution in [0.2, 0.25) is 0 Å². The van der Waals surface area contributed by atoms with Crippen molar-refractivity contribution < 1.29 is 16.8 Å². The Morgan fingerprint density at radius 3 is 2.00 bits per heavy atom. The van der Waals surface area contributed by atoms with Gasteiger partial charge in [0.25, 0.3) is 10.0 Å². The molecule has 0 aliphatic rings. The van der Waals surface area contributed by atoms with Gasteiger partial charge >= 0.3 is 0 Å². The van der Waals surface area contributed by atoms with E-state index in [2.05, 4.69) is 9.44 Å². The molecule has 0 fully saturated rings. The molecule has 0 saturated carbocycles. The molecule has 2 N–H and O–H groups in total. The second-order valence-electron chi connectivity index (χ2n) is 5.57. The summed E-state index contributed by atoms with van der Waals surface area (Å²) in [7, 11) is -7.23. The molecule has 0 saturated heterocycles. The topological polar surface area (TPSA) is 92.3 Å². The zero-order valence-corrected chi connectivity index (χ0v) is 14.9. The van der Waals surface area contributed by atoms with E-state index in [1.807, 2.05) is 24.3 Å². The molecule has 3 aromatic carbocycles. The van der Waals surface area contributed by atoms with Crippen molar-refractivity contribution in [3.63, 3.8) is 0 Å². The van der Waals surface area contributed by atoms with Crippen molar-refractivity contribution in [2.75, 3.05) is 15.7 Å². The fraction of sp³-hybridized carbons (Fsp3) is 0.0588. The number of fused-ring (bicyclic) bond motifs is 1. The lowest BCUT2D eigenvalue weighted by molar-refractivity contribution is 0.601. The number of hydrogen-bond acceptors (Lipinski definition) is 4. The fourth-order valence-electron chi connectivity index (χ4n) is 2.41.